The monoisotopic (exact) mass is 347 g/mol. The predicted octanol–water partition coefficient (Wildman–Crippen LogP) is 2.23. The summed E-state index contributed by atoms with van der Waals surface area (Å²) >= 11 is 6.66. The molecule has 0 amide bonds. The average molecular weight is 348 g/mol. The second kappa shape index (κ2) is 5.50. The minimum absolute atomic E-state index is 0.122. The van der Waals surface area contributed by atoms with Crippen molar-refractivity contribution in [1.82, 2.24) is 4.57 Å². The Labute approximate surface area is 143 Å². The van der Waals surface area contributed by atoms with Crippen molar-refractivity contribution in [2.45, 2.75) is 31.3 Å². The summed E-state index contributed by atoms with van der Waals surface area (Å²) < 4.78 is 1.86. The molecule has 2 heterocycles. The summed E-state index contributed by atoms with van der Waals surface area (Å²) in [6.07, 6.45) is 4.27. The molecule has 2 aliphatic rings. The van der Waals surface area contributed by atoms with Crippen LogP contribution < -0.4 is 16.1 Å². The first-order chi connectivity index (χ1) is 11.5. The van der Waals surface area contributed by atoms with Gasteiger partial charge in [-0.15, -0.1) is 0 Å². The Bertz CT molecular complexity index is 904. The molecule has 7 heteroatoms. The van der Waals surface area contributed by atoms with Gasteiger partial charge in [0.2, 0.25) is 5.43 Å². The minimum Gasteiger partial charge on any atom is -0.477 e. The summed E-state index contributed by atoms with van der Waals surface area (Å²) in [6.45, 7) is 1.55. The number of aromatic carboxylic acids is 1. The van der Waals surface area contributed by atoms with E-state index >= 15 is 0 Å². The summed E-state index contributed by atoms with van der Waals surface area (Å²) in [5.74, 6) is -1.21. The number of carboxylic acids is 1. The molecule has 24 heavy (non-hydrogen) atoms. The van der Waals surface area contributed by atoms with Crippen LogP contribution in [0.4, 0.5) is 5.69 Å². The third-order valence-electron chi connectivity index (χ3n) is 4.85. The Morgan fingerprint density at radius 2 is 2.04 bits per heavy atom. The fraction of sp³-hybridized carbons (Fsp3) is 0.412. The third-order valence-corrected chi connectivity index (χ3v) is 5.22. The molecule has 3 N–H and O–H groups in total. The smallest absolute Gasteiger partial charge is 0.341 e. The van der Waals surface area contributed by atoms with Gasteiger partial charge in [0.05, 0.1) is 16.2 Å². The molecular formula is C17H18ClN3O3. The first-order valence-corrected chi connectivity index (χ1v) is 8.46. The highest BCUT2D eigenvalue weighted by Crippen LogP contribution is 2.41. The van der Waals surface area contributed by atoms with Crippen LogP contribution in [0.15, 0.2) is 23.1 Å². The van der Waals surface area contributed by atoms with E-state index in [1.54, 1.807) is 12.1 Å². The van der Waals surface area contributed by atoms with Crippen LogP contribution in [0.5, 0.6) is 0 Å². The summed E-state index contributed by atoms with van der Waals surface area (Å²) in [6, 6.07) is 3.82. The molecule has 1 aromatic heterocycles. The van der Waals surface area contributed by atoms with Crippen molar-refractivity contribution in [3.8, 4) is 0 Å². The zero-order valence-electron chi connectivity index (χ0n) is 13.0. The number of fused-ring (bicyclic) bond motifs is 1. The summed E-state index contributed by atoms with van der Waals surface area (Å²) in [5.41, 5.74) is 6.78. The second-order valence-electron chi connectivity index (χ2n) is 6.61. The topological polar surface area (TPSA) is 88.6 Å². The third kappa shape index (κ3) is 2.37. The molecule has 6 nitrogen and oxygen atoms in total. The van der Waals surface area contributed by atoms with Crippen LogP contribution >= 0.6 is 11.6 Å². The maximum absolute atomic E-state index is 12.5. The van der Waals surface area contributed by atoms with E-state index in [9.17, 15) is 14.7 Å². The Kier molecular flexibility index (Phi) is 3.54. The summed E-state index contributed by atoms with van der Waals surface area (Å²) in [7, 11) is 0. The number of carbonyl (C=O) groups is 1. The fourth-order valence-corrected chi connectivity index (χ4v) is 3.82. The van der Waals surface area contributed by atoms with E-state index in [2.05, 4.69) is 4.90 Å². The number of hydrogen-bond acceptors (Lipinski definition) is 4. The minimum atomic E-state index is -1.21. The van der Waals surface area contributed by atoms with Gasteiger partial charge in [0.15, 0.2) is 0 Å². The number of aromatic nitrogens is 1. The molecule has 2 aromatic rings. The number of hydrogen-bond donors (Lipinski definition) is 2. The normalized spacial score (nSPS) is 20.8. The molecule has 1 unspecified atom stereocenters. The van der Waals surface area contributed by atoms with E-state index in [1.807, 2.05) is 4.57 Å². The van der Waals surface area contributed by atoms with Crippen LogP contribution in [0, 0.1) is 0 Å². The zero-order chi connectivity index (χ0) is 17.0. The molecule has 1 aliphatic heterocycles. The summed E-state index contributed by atoms with van der Waals surface area (Å²) in [4.78, 5) is 26.0. The molecule has 0 spiro atoms. The van der Waals surface area contributed by atoms with E-state index in [1.165, 1.54) is 6.20 Å². The number of carboxylic acid groups (broad SMARTS) is 1. The number of nitrogens with zero attached hydrogens (tertiary/aromatic N) is 2. The first kappa shape index (κ1) is 15.5. The van der Waals surface area contributed by atoms with Gasteiger partial charge in [-0.05, 0) is 31.4 Å². The van der Waals surface area contributed by atoms with Gasteiger partial charge < -0.3 is 20.3 Å². The van der Waals surface area contributed by atoms with Crippen LogP contribution in [0.3, 0.4) is 0 Å². The Morgan fingerprint density at radius 1 is 1.29 bits per heavy atom. The van der Waals surface area contributed by atoms with Crippen LogP contribution in [0.25, 0.3) is 10.9 Å². The molecule has 1 aromatic carbocycles. The predicted molar refractivity (Wildman–Crippen MR) is 93.3 cm³/mol. The van der Waals surface area contributed by atoms with Crippen molar-refractivity contribution in [2.24, 2.45) is 5.73 Å². The van der Waals surface area contributed by atoms with Crippen molar-refractivity contribution in [3.05, 3.63) is 39.1 Å². The van der Waals surface area contributed by atoms with E-state index in [4.69, 9.17) is 17.3 Å². The molecule has 1 aliphatic carbocycles. The van der Waals surface area contributed by atoms with Crippen LogP contribution in [-0.4, -0.2) is 34.8 Å². The largest absolute Gasteiger partial charge is 0.477 e. The standard InChI is InChI=1S/C17H18ClN3O3/c18-14-13(20-6-5-9(19)7-20)4-3-11-15(14)21(10-1-2-10)8-12(16(11)22)17(23)24/h3-4,8-10H,1-2,5-7,19H2,(H,23,24). The molecule has 126 valence electrons. The zero-order valence-corrected chi connectivity index (χ0v) is 13.8. The highest BCUT2D eigenvalue weighted by atomic mass is 35.5. The maximum atomic E-state index is 12.5. The van der Waals surface area contributed by atoms with Gasteiger partial charge in [-0.25, -0.2) is 4.79 Å². The van der Waals surface area contributed by atoms with Crippen molar-refractivity contribution in [3.63, 3.8) is 0 Å². The number of anilines is 1. The molecule has 0 bridgehead atoms. The number of nitrogens with two attached hydrogens (primary N) is 1. The van der Waals surface area contributed by atoms with E-state index < -0.39 is 11.4 Å². The first-order valence-electron chi connectivity index (χ1n) is 8.08. The van der Waals surface area contributed by atoms with Gasteiger partial charge in [0, 0.05) is 36.8 Å². The van der Waals surface area contributed by atoms with Gasteiger partial charge in [-0.1, -0.05) is 11.6 Å². The highest BCUT2D eigenvalue weighted by molar-refractivity contribution is 6.38. The Hall–Kier alpha value is -2.05. The van der Waals surface area contributed by atoms with E-state index in [0.717, 1.165) is 38.0 Å². The number of benzene rings is 1. The highest BCUT2D eigenvalue weighted by Gasteiger charge is 2.29. The van der Waals surface area contributed by atoms with E-state index in [-0.39, 0.29) is 17.6 Å². The van der Waals surface area contributed by atoms with Crippen molar-refractivity contribution in [2.75, 3.05) is 18.0 Å². The molecule has 1 saturated carbocycles. The number of halogens is 1. The lowest BCUT2D eigenvalue weighted by Crippen LogP contribution is -2.26. The van der Waals surface area contributed by atoms with Crippen molar-refractivity contribution >= 4 is 34.2 Å². The van der Waals surface area contributed by atoms with Gasteiger partial charge >= 0.3 is 5.97 Å². The van der Waals surface area contributed by atoms with Crippen LogP contribution in [-0.2, 0) is 0 Å². The van der Waals surface area contributed by atoms with Crippen LogP contribution in [0.2, 0.25) is 5.02 Å². The Morgan fingerprint density at radius 3 is 2.62 bits per heavy atom. The average Bonchev–Trinajstić information content (AvgIpc) is 3.29. The summed E-state index contributed by atoms with van der Waals surface area (Å²) in [5, 5.41) is 10.2. The lowest BCUT2D eigenvalue weighted by atomic mass is 10.1. The molecule has 0 radical (unpaired) electrons. The van der Waals surface area contributed by atoms with Gasteiger partial charge in [-0.3, -0.25) is 4.79 Å². The molecule has 2 fully saturated rings. The van der Waals surface area contributed by atoms with Crippen molar-refractivity contribution in [1.29, 1.82) is 0 Å². The Balaban J connectivity index is 1.97. The van der Waals surface area contributed by atoms with E-state index in [0.29, 0.717) is 15.9 Å². The quantitative estimate of drug-likeness (QED) is 0.888. The van der Waals surface area contributed by atoms with Gasteiger partial charge in [-0.2, -0.15) is 0 Å². The molecule has 1 atom stereocenters. The number of rotatable bonds is 3. The lowest BCUT2D eigenvalue weighted by Gasteiger charge is -2.22. The van der Waals surface area contributed by atoms with Gasteiger partial charge in [0.25, 0.3) is 0 Å². The molecule has 4 rings (SSSR count). The van der Waals surface area contributed by atoms with Crippen molar-refractivity contribution < 1.29 is 9.90 Å². The fourth-order valence-electron chi connectivity index (χ4n) is 3.44. The van der Waals surface area contributed by atoms with Gasteiger partial charge in [0.1, 0.15) is 5.56 Å². The molecular weight excluding hydrogens is 330 g/mol. The SMILES string of the molecule is NC1CCN(c2ccc3c(=O)c(C(=O)O)cn(C4CC4)c3c2Cl)C1. The second-order valence-corrected chi connectivity index (χ2v) is 6.98. The lowest BCUT2D eigenvalue weighted by molar-refractivity contribution is 0.0695. The number of pyridine rings is 1. The maximum Gasteiger partial charge on any atom is 0.341 e. The molecule has 1 saturated heterocycles. The van der Waals surface area contributed by atoms with Crippen LogP contribution in [0.1, 0.15) is 35.7 Å².